The van der Waals surface area contributed by atoms with E-state index in [1.165, 1.54) is 29.7 Å². The second-order valence-corrected chi connectivity index (χ2v) is 8.73. The third-order valence-electron chi connectivity index (χ3n) is 5.49. The van der Waals surface area contributed by atoms with E-state index in [2.05, 4.69) is 52.1 Å². The number of nitriles is 1. The molecule has 1 fully saturated rings. The number of rotatable bonds is 8. The fraction of sp³-hybridized carbons (Fsp3) is 0.455. The van der Waals surface area contributed by atoms with Crippen LogP contribution in [0.5, 0.6) is 0 Å². The van der Waals surface area contributed by atoms with Crippen LogP contribution in [0.4, 0.5) is 10.9 Å². The zero-order valence-electron chi connectivity index (χ0n) is 17.5. The van der Waals surface area contributed by atoms with Crippen LogP contribution in [0.3, 0.4) is 0 Å². The highest BCUT2D eigenvalue weighted by Crippen LogP contribution is 2.33. The van der Waals surface area contributed by atoms with Crippen LogP contribution in [0.25, 0.3) is 0 Å². The largest absolute Gasteiger partial charge is 0.316 e. The second kappa shape index (κ2) is 9.37. The van der Waals surface area contributed by atoms with Crippen molar-refractivity contribution < 1.29 is 0 Å². The highest BCUT2D eigenvalue weighted by Gasteiger charge is 2.28. The van der Waals surface area contributed by atoms with Gasteiger partial charge in [0.2, 0.25) is 0 Å². The average Bonchev–Trinajstić information content (AvgIpc) is 3.48. The Balaban J connectivity index is 1.47. The van der Waals surface area contributed by atoms with E-state index in [1.807, 2.05) is 12.1 Å². The molecule has 1 aliphatic rings. The molecular formula is C22H27N7S. The minimum atomic E-state index is 0.302. The van der Waals surface area contributed by atoms with Crippen LogP contribution in [-0.2, 0) is 13.1 Å². The Morgan fingerprint density at radius 1 is 1.37 bits per heavy atom. The van der Waals surface area contributed by atoms with Crippen LogP contribution in [0.1, 0.15) is 60.5 Å². The molecule has 4 heterocycles. The van der Waals surface area contributed by atoms with E-state index in [4.69, 9.17) is 15.3 Å². The molecular weight excluding hydrogens is 394 g/mol. The number of hydrogen-bond acceptors (Lipinski definition) is 7. The van der Waals surface area contributed by atoms with Crippen LogP contribution in [0.15, 0.2) is 30.6 Å². The summed E-state index contributed by atoms with van der Waals surface area (Å²) in [4.78, 5) is 12.2. The first-order valence-corrected chi connectivity index (χ1v) is 11.3. The van der Waals surface area contributed by atoms with Crippen molar-refractivity contribution in [1.82, 2.24) is 24.6 Å². The standard InChI is InChI=1S/C22H27N7S/c1-3-4-11-29-15-17(16(2)27-29)14-28-10-6-8-20(28)19-7-5-9-21(25-19)26-22-24-13-18(12-23)30-22/h5,7,9,13,15,20H,3-4,6,8,10-11,14H2,1-2H3,(H,24,25,26). The summed E-state index contributed by atoms with van der Waals surface area (Å²) in [6, 6.07) is 8.50. The Morgan fingerprint density at radius 2 is 2.27 bits per heavy atom. The number of pyridine rings is 1. The van der Waals surface area contributed by atoms with Gasteiger partial charge in [0.15, 0.2) is 5.13 Å². The van der Waals surface area contributed by atoms with Crippen molar-refractivity contribution in [3.63, 3.8) is 0 Å². The van der Waals surface area contributed by atoms with E-state index in [0.717, 1.165) is 49.7 Å². The lowest BCUT2D eigenvalue weighted by Gasteiger charge is -2.24. The fourth-order valence-electron chi connectivity index (χ4n) is 3.92. The molecule has 30 heavy (non-hydrogen) atoms. The molecule has 7 nitrogen and oxygen atoms in total. The Hall–Kier alpha value is -2.76. The van der Waals surface area contributed by atoms with E-state index in [9.17, 15) is 0 Å². The molecule has 1 saturated heterocycles. The number of aryl methyl sites for hydroxylation is 2. The number of nitrogens with zero attached hydrogens (tertiary/aromatic N) is 6. The Bertz CT molecular complexity index is 1030. The van der Waals surface area contributed by atoms with E-state index in [1.54, 1.807) is 6.20 Å². The summed E-state index contributed by atoms with van der Waals surface area (Å²) in [7, 11) is 0. The van der Waals surface area contributed by atoms with Crippen molar-refractivity contribution in [2.24, 2.45) is 0 Å². The lowest BCUT2D eigenvalue weighted by molar-refractivity contribution is 0.244. The second-order valence-electron chi connectivity index (χ2n) is 7.70. The first-order valence-electron chi connectivity index (χ1n) is 10.5. The van der Waals surface area contributed by atoms with E-state index < -0.39 is 0 Å². The summed E-state index contributed by atoms with van der Waals surface area (Å²) in [5, 5.41) is 17.6. The highest BCUT2D eigenvalue weighted by atomic mass is 32.1. The zero-order chi connectivity index (χ0) is 20.9. The normalized spacial score (nSPS) is 16.6. The van der Waals surface area contributed by atoms with E-state index in [-0.39, 0.29) is 0 Å². The number of likely N-dealkylation sites (tertiary alicyclic amines) is 1. The number of hydrogen-bond donors (Lipinski definition) is 1. The molecule has 4 rings (SSSR count). The van der Waals surface area contributed by atoms with Gasteiger partial charge in [0.05, 0.1) is 23.6 Å². The summed E-state index contributed by atoms with van der Waals surface area (Å²) in [6.45, 7) is 7.27. The van der Waals surface area contributed by atoms with Crippen molar-refractivity contribution in [1.29, 1.82) is 5.26 Å². The average molecular weight is 422 g/mol. The van der Waals surface area contributed by atoms with E-state index in [0.29, 0.717) is 16.1 Å². The topological polar surface area (TPSA) is 82.7 Å². The molecule has 0 aromatic carbocycles. The zero-order valence-corrected chi connectivity index (χ0v) is 18.3. The summed E-state index contributed by atoms with van der Waals surface area (Å²) < 4.78 is 2.09. The van der Waals surface area contributed by atoms with Gasteiger partial charge < -0.3 is 5.32 Å². The van der Waals surface area contributed by atoms with Gasteiger partial charge in [-0.05, 0) is 44.9 Å². The maximum atomic E-state index is 8.98. The van der Waals surface area contributed by atoms with Gasteiger partial charge in [-0.25, -0.2) is 9.97 Å². The van der Waals surface area contributed by atoms with Crippen molar-refractivity contribution in [3.8, 4) is 6.07 Å². The van der Waals surface area contributed by atoms with Crippen LogP contribution in [0.2, 0.25) is 0 Å². The lowest BCUT2D eigenvalue weighted by Crippen LogP contribution is -2.23. The van der Waals surface area contributed by atoms with Crippen LogP contribution >= 0.6 is 11.3 Å². The first kappa shape index (κ1) is 20.5. The Kier molecular flexibility index (Phi) is 6.41. The van der Waals surface area contributed by atoms with Crippen LogP contribution in [0, 0.1) is 18.3 Å². The number of anilines is 2. The molecule has 1 atom stereocenters. The predicted octanol–water partition coefficient (Wildman–Crippen LogP) is 4.80. The third kappa shape index (κ3) is 4.69. The van der Waals surface area contributed by atoms with Gasteiger partial charge >= 0.3 is 0 Å². The molecule has 8 heteroatoms. The van der Waals surface area contributed by atoms with Gasteiger partial charge in [-0.3, -0.25) is 9.58 Å². The molecule has 0 spiro atoms. The molecule has 0 amide bonds. The summed E-state index contributed by atoms with van der Waals surface area (Å²) in [5.74, 6) is 0.766. The monoisotopic (exact) mass is 421 g/mol. The molecule has 1 N–H and O–H groups in total. The SMILES string of the molecule is CCCCn1cc(CN2CCCC2c2cccc(Nc3ncc(C#N)s3)n2)c(C)n1. The van der Waals surface area contributed by atoms with Crippen LogP contribution < -0.4 is 5.32 Å². The Morgan fingerprint density at radius 3 is 3.07 bits per heavy atom. The quantitative estimate of drug-likeness (QED) is 0.563. The molecule has 3 aromatic rings. The summed E-state index contributed by atoms with van der Waals surface area (Å²) >= 11 is 1.33. The van der Waals surface area contributed by atoms with Crippen molar-refractivity contribution in [3.05, 3.63) is 52.4 Å². The minimum absolute atomic E-state index is 0.302. The summed E-state index contributed by atoms with van der Waals surface area (Å²) in [5.41, 5.74) is 3.50. The molecule has 0 bridgehead atoms. The van der Waals surface area contributed by atoms with Gasteiger partial charge in [-0.1, -0.05) is 30.7 Å². The van der Waals surface area contributed by atoms with Gasteiger partial charge in [0.1, 0.15) is 16.8 Å². The summed E-state index contributed by atoms with van der Waals surface area (Å²) in [6.07, 6.45) is 8.41. The van der Waals surface area contributed by atoms with Gasteiger partial charge in [0, 0.05) is 24.8 Å². The van der Waals surface area contributed by atoms with Crippen molar-refractivity contribution in [2.75, 3.05) is 11.9 Å². The maximum Gasteiger partial charge on any atom is 0.189 e. The smallest absolute Gasteiger partial charge is 0.189 e. The maximum absolute atomic E-state index is 8.98. The van der Waals surface area contributed by atoms with Gasteiger partial charge in [-0.2, -0.15) is 10.4 Å². The molecule has 156 valence electrons. The van der Waals surface area contributed by atoms with Gasteiger partial charge in [-0.15, -0.1) is 0 Å². The molecule has 0 radical (unpaired) electrons. The molecule has 0 aliphatic carbocycles. The van der Waals surface area contributed by atoms with Gasteiger partial charge in [0.25, 0.3) is 0 Å². The van der Waals surface area contributed by atoms with Crippen LogP contribution in [-0.4, -0.2) is 31.2 Å². The van der Waals surface area contributed by atoms with Crippen molar-refractivity contribution >= 4 is 22.3 Å². The lowest BCUT2D eigenvalue weighted by atomic mass is 10.1. The number of thiazole rings is 1. The molecule has 1 aliphatic heterocycles. The number of unbranched alkanes of at least 4 members (excludes halogenated alkanes) is 1. The number of nitrogens with one attached hydrogen (secondary N) is 1. The number of aromatic nitrogens is 4. The fourth-order valence-corrected chi connectivity index (χ4v) is 4.54. The van der Waals surface area contributed by atoms with E-state index >= 15 is 0 Å². The highest BCUT2D eigenvalue weighted by molar-refractivity contribution is 7.16. The Labute approximate surface area is 181 Å². The predicted molar refractivity (Wildman–Crippen MR) is 119 cm³/mol. The molecule has 0 saturated carbocycles. The van der Waals surface area contributed by atoms with Crippen molar-refractivity contribution in [2.45, 2.75) is 58.7 Å². The molecule has 1 unspecified atom stereocenters. The first-order chi connectivity index (χ1) is 14.7. The minimum Gasteiger partial charge on any atom is -0.316 e. The molecule has 3 aromatic heterocycles. The third-order valence-corrected chi connectivity index (χ3v) is 6.31.